The van der Waals surface area contributed by atoms with Crippen molar-refractivity contribution in [2.45, 2.75) is 25.8 Å². The molecule has 1 aliphatic heterocycles. The Hall–Kier alpha value is -2.31. The summed E-state index contributed by atoms with van der Waals surface area (Å²) < 4.78 is 5.76. The highest BCUT2D eigenvalue weighted by Crippen LogP contribution is 2.23. The van der Waals surface area contributed by atoms with Crippen LogP contribution in [0.3, 0.4) is 0 Å². The van der Waals surface area contributed by atoms with Gasteiger partial charge in [-0.25, -0.2) is 9.80 Å². The van der Waals surface area contributed by atoms with Gasteiger partial charge in [-0.05, 0) is 56.7 Å². The molecule has 1 aliphatic rings. The average molecular weight is 375 g/mol. The summed E-state index contributed by atoms with van der Waals surface area (Å²) in [5.41, 5.74) is 6.63. The first-order valence-corrected chi connectivity index (χ1v) is 8.95. The molecule has 2 heterocycles. The van der Waals surface area contributed by atoms with E-state index < -0.39 is 0 Å². The van der Waals surface area contributed by atoms with Crippen molar-refractivity contribution >= 4 is 23.8 Å². The Kier molecular flexibility index (Phi) is 5.34. The molecule has 138 valence electrons. The van der Waals surface area contributed by atoms with Crippen LogP contribution in [0.4, 0.5) is 4.79 Å². The number of rotatable bonds is 6. The molecule has 0 aliphatic carbocycles. The fourth-order valence-electron chi connectivity index (χ4n) is 2.63. The van der Waals surface area contributed by atoms with Crippen LogP contribution in [0.15, 0.2) is 45.9 Å². The molecule has 2 N–H and O–H groups in total. The van der Waals surface area contributed by atoms with Crippen molar-refractivity contribution in [1.29, 1.82) is 0 Å². The number of hydrazone groups is 1. The van der Waals surface area contributed by atoms with Gasteiger partial charge in [-0.1, -0.05) is 11.6 Å². The van der Waals surface area contributed by atoms with Crippen LogP contribution in [0.5, 0.6) is 0 Å². The number of urea groups is 1. The van der Waals surface area contributed by atoms with Crippen LogP contribution < -0.4 is 5.73 Å². The van der Waals surface area contributed by atoms with Crippen LogP contribution in [-0.4, -0.2) is 47.3 Å². The minimum Gasteiger partial charge on any atom is -0.455 e. The van der Waals surface area contributed by atoms with E-state index in [0.717, 1.165) is 17.7 Å². The topological polar surface area (TPSA) is 75.1 Å². The smallest absolute Gasteiger partial charge is 0.340 e. The zero-order chi connectivity index (χ0) is 18.7. The fourth-order valence-corrected chi connectivity index (χ4v) is 2.75. The van der Waals surface area contributed by atoms with E-state index in [-0.39, 0.29) is 11.6 Å². The van der Waals surface area contributed by atoms with Gasteiger partial charge in [0.25, 0.3) is 0 Å². The molecule has 0 bridgehead atoms. The highest BCUT2D eigenvalue weighted by molar-refractivity contribution is 6.30. The molecule has 1 aromatic carbocycles. The van der Waals surface area contributed by atoms with Gasteiger partial charge in [0.2, 0.25) is 0 Å². The summed E-state index contributed by atoms with van der Waals surface area (Å²) in [5.74, 6) is 1.31. The molecule has 26 heavy (non-hydrogen) atoms. The third kappa shape index (κ3) is 4.65. The molecule has 0 spiro atoms. The predicted octanol–water partition coefficient (Wildman–Crippen LogP) is 3.80. The number of carbonyl (C=O) groups excluding carboxylic acids is 1. The van der Waals surface area contributed by atoms with Crippen molar-refractivity contribution in [1.82, 2.24) is 9.91 Å². The van der Waals surface area contributed by atoms with E-state index in [1.165, 1.54) is 5.01 Å². The largest absolute Gasteiger partial charge is 0.455 e. The molecule has 0 radical (unpaired) electrons. The summed E-state index contributed by atoms with van der Waals surface area (Å²) in [6.07, 6.45) is 2.31. The number of halogens is 1. The Morgan fingerprint density at radius 3 is 2.65 bits per heavy atom. The van der Waals surface area contributed by atoms with E-state index in [4.69, 9.17) is 21.8 Å². The minimum atomic E-state index is -0.288. The molecule has 3 rings (SSSR count). The fraction of sp³-hybridized carbons (Fsp3) is 0.368. The zero-order valence-corrected chi connectivity index (χ0v) is 15.7. The number of nitrogens with zero attached hydrogens (tertiary/aromatic N) is 3. The predicted molar refractivity (Wildman–Crippen MR) is 103 cm³/mol. The van der Waals surface area contributed by atoms with Crippen LogP contribution in [0.2, 0.25) is 5.02 Å². The highest BCUT2D eigenvalue weighted by atomic mass is 35.5. The van der Waals surface area contributed by atoms with Crippen molar-refractivity contribution in [2.24, 2.45) is 10.8 Å². The van der Waals surface area contributed by atoms with Gasteiger partial charge in [0.05, 0.1) is 12.8 Å². The maximum atomic E-state index is 12.4. The van der Waals surface area contributed by atoms with Gasteiger partial charge >= 0.3 is 6.03 Å². The maximum Gasteiger partial charge on any atom is 0.340 e. The summed E-state index contributed by atoms with van der Waals surface area (Å²) in [7, 11) is 0. The number of benzene rings is 1. The summed E-state index contributed by atoms with van der Waals surface area (Å²) in [4.78, 5) is 14.1. The molecule has 1 saturated heterocycles. The first-order chi connectivity index (χ1) is 12.3. The van der Waals surface area contributed by atoms with E-state index in [0.29, 0.717) is 30.4 Å². The number of hydrogen-bond acceptors (Lipinski definition) is 4. The van der Waals surface area contributed by atoms with E-state index in [1.807, 2.05) is 50.2 Å². The average Bonchev–Trinajstić information content (AvgIpc) is 3.18. The molecule has 1 fully saturated rings. The number of furan rings is 1. The normalized spacial score (nSPS) is 15.5. The SMILES string of the molecule is CC(C)(N)CCN1CCN(N=Cc2ccc(-c3ccc(Cl)cc3)o2)C1=O. The van der Waals surface area contributed by atoms with Gasteiger partial charge in [-0.2, -0.15) is 5.10 Å². The molecule has 6 nitrogen and oxygen atoms in total. The van der Waals surface area contributed by atoms with Gasteiger partial charge < -0.3 is 15.1 Å². The van der Waals surface area contributed by atoms with Crippen molar-refractivity contribution in [3.05, 3.63) is 47.2 Å². The molecular formula is C19H23ClN4O2. The van der Waals surface area contributed by atoms with Gasteiger partial charge in [-0.3, -0.25) is 0 Å². The molecule has 0 unspecified atom stereocenters. The lowest BCUT2D eigenvalue weighted by Gasteiger charge is -2.22. The van der Waals surface area contributed by atoms with E-state index in [9.17, 15) is 4.79 Å². The monoisotopic (exact) mass is 374 g/mol. The molecule has 2 aromatic rings. The standard InChI is InChI=1S/C19H23ClN4O2/c1-19(2,21)9-10-23-11-12-24(18(23)25)22-13-16-7-8-17(26-16)14-3-5-15(20)6-4-14/h3-8,13H,9-12,21H2,1-2H3. The van der Waals surface area contributed by atoms with Crippen molar-refractivity contribution < 1.29 is 9.21 Å². The van der Waals surface area contributed by atoms with Gasteiger partial charge in [0, 0.05) is 29.2 Å². The van der Waals surface area contributed by atoms with Crippen LogP contribution in [0.25, 0.3) is 11.3 Å². The molecule has 1 aromatic heterocycles. The van der Waals surface area contributed by atoms with E-state index in [1.54, 1.807) is 11.1 Å². The van der Waals surface area contributed by atoms with Crippen molar-refractivity contribution in [3.8, 4) is 11.3 Å². The number of nitrogens with two attached hydrogens (primary N) is 1. The lowest BCUT2D eigenvalue weighted by atomic mass is 10.0. The highest BCUT2D eigenvalue weighted by Gasteiger charge is 2.28. The Morgan fingerprint density at radius 2 is 1.96 bits per heavy atom. The van der Waals surface area contributed by atoms with Gasteiger partial charge in [0.15, 0.2) is 0 Å². The van der Waals surface area contributed by atoms with Crippen LogP contribution in [-0.2, 0) is 0 Å². The molecular weight excluding hydrogens is 352 g/mol. The Morgan fingerprint density at radius 1 is 1.23 bits per heavy atom. The summed E-state index contributed by atoms with van der Waals surface area (Å²) in [5, 5.41) is 6.39. The molecule has 2 amide bonds. The lowest BCUT2D eigenvalue weighted by Crippen LogP contribution is -2.38. The second kappa shape index (κ2) is 7.51. The Bertz CT molecular complexity index is 793. The van der Waals surface area contributed by atoms with Crippen molar-refractivity contribution in [2.75, 3.05) is 19.6 Å². The maximum absolute atomic E-state index is 12.4. The third-order valence-electron chi connectivity index (χ3n) is 4.18. The number of amides is 2. The second-order valence-electron chi connectivity index (χ2n) is 7.08. The summed E-state index contributed by atoms with van der Waals surface area (Å²) in [6.45, 7) is 5.76. The van der Waals surface area contributed by atoms with E-state index in [2.05, 4.69) is 5.10 Å². The number of hydrogen-bond donors (Lipinski definition) is 1. The zero-order valence-electron chi connectivity index (χ0n) is 15.0. The molecule has 7 heteroatoms. The molecule has 0 atom stereocenters. The first kappa shape index (κ1) is 18.5. The summed E-state index contributed by atoms with van der Waals surface area (Å²) >= 11 is 5.90. The Balaban J connectivity index is 1.60. The number of carbonyl (C=O) groups is 1. The van der Waals surface area contributed by atoms with Crippen LogP contribution in [0.1, 0.15) is 26.0 Å². The lowest BCUT2D eigenvalue weighted by molar-refractivity contribution is 0.190. The van der Waals surface area contributed by atoms with Crippen LogP contribution in [0, 0.1) is 0 Å². The minimum absolute atomic E-state index is 0.102. The van der Waals surface area contributed by atoms with Gasteiger partial charge in [-0.15, -0.1) is 0 Å². The quantitative estimate of drug-likeness (QED) is 0.781. The van der Waals surface area contributed by atoms with Crippen molar-refractivity contribution in [3.63, 3.8) is 0 Å². The first-order valence-electron chi connectivity index (χ1n) is 8.57. The molecule has 0 saturated carbocycles. The third-order valence-corrected chi connectivity index (χ3v) is 4.43. The van der Waals surface area contributed by atoms with Gasteiger partial charge in [0.1, 0.15) is 11.5 Å². The van der Waals surface area contributed by atoms with E-state index >= 15 is 0 Å². The van der Waals surface area contributed by atoms with Crippen LogP contribution >= 0.6 is 11.6 Å². The Labute approximate surface area is 158 Å². The summed E-state index contributed by atoms with van der Waals surface area (Å²) in [6, 6.07) is 11.0. The second-order valence-corrected chi connectivity index (χ2v) is 7.52.